The van der Waals surface area contributed by atoms with Crippen LogP contribution in [0.5, 0.6) is 5.75 Å². The summed E-state index contributed by atoms with van der Waals surface area (Å²) in [6.45, 7) is 3.53. The Hall–Kier alpha value is -2.57. The number of ether oxygens (including phenoxy) is 1. The first kappa shape index (κ1) is 15.3. The third-order valence-corrected chi connectivity index (χ3v) is 4.69. The standard InChI is InChI=1S/C16H18N2O5/c1-16(2)12(13(16)15(21)22)14(20)17-8-4-5-10-9(6-8)18(3)11(19)7-23-10/h4-6,12-13H,7H2,1-3H3,(H,17,20)(H,21,22)/t12-,13+/m1/s1. The number of benzene rings is 1. The van der Waals surface area contributed by atoms with E-state index in [1.165, 1.54) is 4.90 Å². The second-order valence-corrected chi connectivity index (χ2v) is 6.53. The molecule has 23 heavy (non-hydrogen) atoms. The van der Waals surface area contributed by atoms with Gasteiger partial charge in [0.15, 0.2) is 6.61 Å². The molecule has 0 bridgehead atoms. The van der Waals surface area contributed by atoms with E-state index < -0.39 is 23.2 Å². The lowest BCUT2D eigenvalue weighted by atomic mass is 10.1. The van der Waals surface area contributed by atoms with Gasteiger partial charge in [0, 0.05) is 12.7 Å². The fraction of sp³-hybridized carbons (Fsp3) is 0.438. The van der Waals surface area contributed by atoms with E-state index >= 15 is 0 Å². The van der Waals surface area contributed by atoms with Crippen molar-refractivity contribution >= 4 is 29.2 Å². The monoisotopic (exact) mass is 318 g/mol. The largest absolute Gasteiger partial charge is 0.482 e. The summed E-state index contributed by atoms with van der Waals surface area (Å²) in [5.41, 5.74) is 0.523. The van der Waals surface area contributed by atoms with E-state index in [1.54, 1.807) is 39.1 Å². The second-order valence-electron chi connectivity index (χ2n) is 6.53. The second kappa shape index (κ2) is 4.97. The molecule has 2 amide bonds. The topological polar surface area (TPSA) is 95.9 Å². The summed E-state index contributed by atoms with van der Waals surface area (Å²) in [6, 6.07) is 5.00. The van der Waals surface area contributed by atoms with Gasteiger partial charge < -0.3 is 20.1 Å². The number of likely N-dealkylation sites (N-methyl/N-ethyl adjacent to an activating group) is 1. The molecule has 3 rings (SSSR count). The van der Waals surface area contributed by atoms with Crippen molar-refractivity contribution in [2.45, 2.75) is 13.8 Å². The van der Waals surface area contributed by atoms with Crippen LogP contribution < -0.4 is 15.0 Å². The van der Waals surface area contributed by atoms with Gasteiger partial charge in [-0.25, -0.2) is 0 Å². The Morgan fingerprint density at radius 2 is 2.04 bits per heavy atom. The molecule has 0 spiro atoms. The van der Waals surface area contributed by atoms with E-state index in [1.807, 2.05) is 0 Å². The summed E-state index contributed by atoms with van der Waals surface area (Å²) < 4.78 is 5.33. The van der Waals surface area contributed by atoms with Crippen LogP contribution in [-0.4, -0.2) is 36.5 Å². The molecule has 1 aromatic rings. The molecule has 2 atom stereocenters. The first-order chi connectivity index (χ1) is 10.7. The molecular weight excluding hydrogens is 300 g/mol. The number of anilines is 2. The van der Waals surface area contributed by atoms with Gasteiger partial charge in [0.25, 0.3) is 5.91 Å². The van der Waals surface area contributed by atoms with Crippen molar-refractivity contribution in [3.8, 4) is 5.75 Å². The minimum Gasteiger partial charge on any atom is -0.482 e. The van der Waals surface area contributed by atoms with E-state index in [0.29, 0.717) is 17.1 Å². The van der Waals surface area contributed by atoms with Gasteiger partial charge in [-0.2, -0.15) is 0 Å². The van der Waals surface area contributed by atoms with Gasteiger partial charge in [-0.15, -0.1) is 0 Å². The van der Waals surface area contributed by atoms with Crippen molar-refractivity contribution in [2.24, 2.45) is 17.3 Å². The van der Waals surface area contributed by atoms with E-state index in [2.05, 4.69) is 5.32 Å². The van der Waals surface area contributed by atoms with E-state index in [4.69, 9.17) is 9.84 Å². The van der Waals surface area contributed by atoms with Crippen LogP contribution in [0, 0.1) is 17.3 Å². The summed E-state index contributed by atoms with van der Waals surface area (Å²) in [7, 11) is 1.64. The van der Waals surface area contributed by atoms with E-state index in [9.17, 15) is 14.4 Å². The maximum atomic E-state index is 12.3. The van der Waals surface area contributed by atoms with Gasteiger partial charge in [0.05, 0.1) is 17.5 Å². The molecule has 1 aliphatic carbocycles. The van der Waals surface area contributed by atoms with Crippen LogP contribution in [0.3, 0.4) is 0 Å². The number of fused-ring (bicyclic) bond motifs is 1. The van der Waals surface area contributed by atoms with E-state index in [-0.39, 0.29) is 18.4 Å². The molecule has 2 aliphatic rings. The summed E-state index contributed by atoms with van der Waals surface area (Å²) in [5, 5.41) is 11.9. The van der Waals surface area contributed by atoms with Gasteiger partial charge >= 0.3 is 5.97 Å². The molecule has 1 heterocycles. The van der Waals surface area contributed by atoms with Crippen LogP contribution >= 0.6 is 0 Å². The highest BCUT2D eigenvalue weighted by Gasteiger charge is 2.65. The van der Waals surface area contributed by atoms with Crippen LogP contribution in [-0.2, 0) is 14.4 Å². The Labute approximate surface area is 133 Å². The molecule has 122 valence electrons. The lowest BCUT2D eigenvalue weighted by Crippen LogP contribution is -2.35. The molecule has 7 nitrogen and oxygen atoms in total. The third kappa shape index (κ3) is 2.42. The average Bonchev–Trinajstić information content (AvgIpc) is 3.06. The Balaban J connectivity index is 1.78. The van der Waals surface area contributed by atoms with Gasteiger partial charge in [-0.05, 0) is 23.6 Å². The molecule has 7 heteroatoms. The number of hydrogen-bond donors (Lipinski definition) is 2. The minimum absolute atomic E-state index is 0.00817. The summed E-state index contributed by atoms with van der Waals surface area (Å²) in [5.74, 6) is -2.12. The van der Waals surface area contributed by atoms with Gasteiger partial charge in [-0.3, -0.25) is 14.4 Å². The first-order valence-corrected chi connectivity index (χ1v) is 7.30. The van der Waals surface area contributed by atoms with Gasteiger partial charge in [-0.1, -0.05) is 13.8 Å². The fourth-order valence-corrected chi connectivity index (χ4v) is 3.16. The molecule has 1 aromatic carbocycles. The van der Waals surface area contributed by atoms with Crippen LogP contribution in [0.2, 0.25) is 0 Å². The van der Waals surface area contributed by atoms with Crippen LogP contribution in [0.1, 0.15) is 13.8 Å². The lowest BCUT2D eigenvalue weighted by Gasteiger charge is -2.26. The highest BCUT2D eigenvalue weighted by Crippen LogP contribution is 2.58. The predicted octanol–water partition coefficient (Wildman–Crippen LogP) is 1.34. The Bertz CT molecular complexity index is 712. The van der Waals surface area contributed by atoms with Crippen molar-refractivity contribution in [2.75, 3.05) is 23.9 Å². The quantitative estimate of drug-likeness (QED) is 0.876. The zero-order chi connectivity index (χ0) is 16.9. The Morgan fingerprint density at radius 3 is 2.65 bits per heavy atom. The number of carbonyl (C=O) groups excluding carboxylic acids is 2. The number of aliphatic carboxylic acids is 1. The first-order valence-electron chi connectivity index (χ1n) is 7.30. The number of carboxylic acid groups (broad SMARTS) is 1. The van der Waals surface area contributed by atoms with Crippen molar-refractivity contribution in [3.05, 3.63) is 18.2 Å². The zero-order valence-electron chi connectivity index (χ0n) is 13.1. The molecule has 0 unspecified atom stereocenters. The molecule has 0 saturated heterocycles. The molecule has 0 radical (unpaired) electrons. The highest BCUT2D eigenvalue weighted by atomic mass is 16.5. The van der Waals surface area contributed by atoms with Gasteiger partial charge in [0.2, 0.25) is 5.91 Å². The van der Waals surface area contributed by atoms with Crippen LogP contribution in [0.15, 0.2) is 18.2 Å². The number of carboxylic acids is 1. The third-order valence-electron chi connectivity index (χ3n) is 4.69. The summed E-state index contributed by atoms with van der Waals surface area (Å²) >= 11 is 0. The molecule has 1 fully saturated rings. The fourth-order valence-electron chi connectivity index (χ4n) is 3.16. The predicted molar refractivity (Wildman–Crippen MR) is 82.4 cm³/mol. The van der Waals surface area contributed by atoms with Crippen molar-refractivity contribution in [1.29, 1.82) is 0 Å². The normalized spacial score (nSPS) is 24.5. The summed E-state index contributed by atoms with van der Waals surface area (Å²) in [6.07, 6.45) is 0. The molecular formula is C16H18N2O5. The number of carbonyl (C=O) groups is 3. The average molecular weight is 318 g/mol. The smallest absolute Gasteiger partial charge is 0.307 e. The number of nitrogens with zero attached hydrogens (tertiary/aromatic N) is 1. The molecule has 2 N–H and O–H groups in total. The minimum atomic E-state index is -0.959. The van der Waals surface area contributed by atoms with Crippen molar-refractivity contribution in [3.63, 3.8) is 0 Å². The highest BCUT2D eigenvalue weighted by molar-refractivity contribution is 6.02. The number of amides is 2. The van der Waals surface area contributed by atoms with Crippen LogP contribution in [0.25, 0.3) is 0 Å². The van der Waals surface area contributed by atoms with Crippen molar-refractivity contribution < 1.29 is 24.2 Å². The van der Waals surface area contributed by atoms with E-state index in [0.717, 1.165) is 0 Å². The Kier molecular flexibility index (Phi) is 3.31. The maximum Gasteiger partial charge on any atom is 0.307 e. The van der Waals surface area contributed by atoms with Crippen LogP contribution in [0.4, 0.5) is 11.4 Å². The summed E-state index contributed by atoms with van der Waals surface area (Å²) in [4.78, 5) is 36.6. The maximum absolute atomic E-state index is 12.3. The lowest BCUT2D eigenvalue weighted by molar-refractivity contribution is -0.140. The van der Waals surface area contributed by atoms with Gasteiger partial charge in [0.1, 0.15) is 5.75 Å². The molecule has 1 aliphatic heterocycles. The SMILES string of the molecule is CN1C(=O)COc2ccc(NC(=O)[C@H]3[C@@H](C(=O)O)C3(C)C)cc21. The number of rotatable bonds is 3. The number of hydrogen-bond acceptors (Lipinski definition) is 4. The molecule has 1 saturated carbocycles. The zero-order valence-corrected chi connectivity index (χ0v) is 13.1. The Morgan fingerprint density at radius 1 is 1.35 bits per heavy atom. The van der Waals surface area contributed by atoms with Crippen molar-refractivity contribution in [1.82, 2.24) is 0 Å². The molecule has 0 aromatic heterocycles. The number of nitrogens with one attached hydrogen (secondary N) is 1.